The number of anilines is 3. The van der Waals surface area contributed by atoms with Crippen molar-refractivity contribution in [2.45, 2.75) is 24.7 Å². The molecular weight excluding hydrogens is 346 g/mol. The normalized spacial score (nSPS) is 23.2. The highest BCUT2D eigenvalue weighted by Crippen LogP contribution is 2.54. The van der Waals surface area contributed by atoms with E-state index in [1.54, 1.807) is 19.2 Å². The van der Waals surface area contributed by atoms with Crippen molar-refractivity contribution >= 4 is 29.1 Å². The first-order valence-electron chi connectivity index (χ1n) is 8.78. The molecule has 3 heterocycles. The van der Waals surface area contributed by atoms with Gasteiger partial charge in [0.05, 0.1) is 5.56 Å². The van der Waals surface area contributed by atoms with Crippen LogP contribution in [0.15, 0.2) is 40.3 Å². The van der Waals surface area contributed by atoms with Crippen molar-refractivity contribution < 1.29 is 9.59 Å². The number of allylic oxidation sites excluding steroid dienone is 1. The zero-order valence-corrected chi connectivity index (χ0v) is 14.6. The first kappa shape index (κ1) is 15.8. The molecule has 5 rings (SSSR count). The van der Waals surface area contributed by atoms with Crippen molar-refractivity contribution in [3.05, 3.63) is 57.0 Å². The molecule has 1 atom stereocenters. The van der Waals surface area contributed by atoms with Crippen LogP contribution in [0.25, 0.3) is 0 Å². The predicted octanol–water partition coefficient (Wildman–Crippen LogP) is 1.05. The van der Waals surface area contributed by atoms with Crippen LogP contribution in [-0.2, 0) is 15.0 Å². The highest BCUT2D eigenvalue weighted by Gasteiger charge is 2.60. The molecule has 2 aliphatic heterocycles. The zero-order chi connectivity index (χ0) is 18.9. The van der Waals surface area contributed by atoms with Crippen LogP contribution in [0.5, 0.6) is 0 Å². The van der Waals surface area contributed by atoms with Crippen molar-refractivity contribution in [2.24, 2.45) is 0 Å². The second kappa shape index (κ2) is 5.06. The Balaban J connectivity index is 1.99. The lowest BCUT2D eigenvalue weighted by molar-refractivity contribution is -0.123. The molecular formula is C19H17N5O3. The molecule has 0 fully saturated rings. The SMILES string of the molecule is CN1C(=O)C2(C3=C(CCCC3=O)Nc3nc(N)[nH]c(=O)c32)c2ccccc21. The number of carbonyl (C=O) groups is 2. The summed E-state index contributed by atoms with van der Waals surface area (Å²) < 4.78 is 0. The number of ketones is 1. The molecule has 8 nitrogen and oxygen atoms in total. The maximum Gasteiger partial charge on any atom is 0.259 e. The van der Waals surface area contributed by atoms with E-state index in [0.717, 1.165) is 0 Å². The minimum absolute atomic E-state index is 0.0420. The number of benzene rings is 1. The van der Waals surface area contributed by atoms with Crippen LogP contribution in [-0.4, -0.2) is 28.7 Å². The number of amides is 1. The van der Waals surface area contributed by atoms with E-state index in [2.05, 4.69) is 15.3 Å². The van der Waals surface area contributed by atoms with Gasteiger partial charge in [-0.25, -0.2) is 0 Å². The van der Waals surface area contributed by atoms with Crippen molar-refractivity contribution in [1.29, 1.82) is 0 Å². The maximum absolute atomic E-state index is 13.6. The summed E-state index contributed by atoms with van der Waals surface area (Å²) in [6.45, 7) is 0. The number of nitrogens with one attached hydrogen (secondary N) is 2. The molecule has 0 bridgehead atoms. The first-order valence-corrected chi connectivity index (χ1v) is 8.78. The summed E-state index contributed by atoms with van der Waals surface area (Å²) in [5, 5.41) is 3.11. The number of nitrogen functional groups attached to an aromatic ring is 1. The molecule has 0 saturated heterocycles. The molecule has 3 aliphatic rings. The van der Waals surface area contributed by atoms with Crippen LogP contribution in [0.4, 0.5) is 17.5 Å². The monoisotopic (exact) mass is 363 g/mol. The van der Waals surface area contributed by atoms with Gasteiger partial charge in [0.1, 0.15) is 11.2 Å². The summed E-state index contributed by atoms with van der Waals surface area (Å²) in [5.41, 5.74) is 6.17. The second-order valence-electron chi connectivity index (χ2n) is 7.06. The molecule has 1 aromatic carbocycles. The lowest BCUT2D eigenvalue weighted by atomic mass is 9.64. The van der Waals surface area contributed by atoms with Gasteiger partial charge in [-0.15, -0.1) is 0 Å². The topological polar surface area (TPSA) is 121 Å². The fourth-order valence-corrected chi connectivity index (χ4v) is 4.64. The van der Waals surface area contributed by atoms with E-state index in [1.807, 2.05) is 12.1 Å². The van der Waals surface area contributed by atoms with E-state index in [1.165, 1.54) is 4.90 Å². The average Bonchev–Trinajstić information content (AvgIpc) is 2.84. The third kappa shape index (κ3) is 1.77. The number of fused-ring (bicyclic) bond motifs is 5. The summed E-state index contributed by atoms with van der Waals surface area (Å²) in [7, 11) is 1.66. The largest absolute Gasteiger partial charge is 0.369 e. The zero-order valence-electron chi connectivity index (χ0n) is 14.6. The fourth-order valence-electron chi connectivity index (χ4n) is 4.64. The van der Waals surface area contributed by atoms with E-state index in [9.17, 15) is 14.4 Å². The Morgan fingerprint density at radius 1 is 1.19 bits per heavy atom. The number of rotatable bonds is 0. The Morgan fingerprint density at radius 2 is 1.96 bits per heavy atom. The van der Waals surface area contributed by atoms with Crippen molar-refractivity contribution in [3.8, 4) is 0 Å². The van der Waals surface area contributed by atoms with E-state index >= 15 is 0 Å². The standard InChI is InChI=1S/C19H17N5O3/c1-24-11-7-3-2-5-9(11)19(17(24)27)13-10(6-4-8-12(13)25)21-15-14(19)16(26)23-18(20)22-15/h2-3,5,7H,4,6,8H2,1H3,(H4,20,21,22,23,26). The quantitative estimate of drug-likeness (QED) is 0.643. The Labute approximate surface area is 154 Å². The number of hydrogen-bond acceptors (Lipinski definition) is 6. The smallest absolute Gasteiger partial charge is 0.259 e. The number of H-pyrrole nitrogens is 1. The number of hydrogen-bond donors (Lipinski definition) is 3. The van der Waals surface area contributed by atoms with Gasteiger partial charge in [0.15, 0.2) is 5.78 Å². The van der Waals surface area contributed by atoms with Crippen molar-refractivity contribution in [2.75, 3.05) is 23.0 Å². The van der Waals surface area contributed by atoms with E-state index in [4.69, 9.17) is 5.73 Å². The van der Waals surface area contributed by atoms with Crippen LogP contribution in [0.3, 0.4) is 0 Å². The highest BCUT2D eigenvalue weighted by atomic mass is 16.2. The molecule has 136 valence electrons. The summed E-state index contributed by atoms with van der Waals surface area (Å²) in [5.74, 6) is -0.252. The van der Waals surface area contributed by atoms with Crippen LogP contribution in [0.2, 0.25) is 0 Å². The second-order valence-corrected chi connectivity index (χ2v) is 7.06. The third-order valence-corrected chi connectivity index (χ3v) is 5.66. The van der Waals surface area contributed by atoms with Crippen molar-refractivity contribution in [3.63, 3.8) is 0 Å². The van der Waals surface area contributed by atoms with E-state index in [-0.39, 0.29) is 29.0 Å². The maximum atomic E-state index is 13.6. The third-order valence-electron chi connectivity index (χ3n) is 5.66. The van der Waals surface area contributed by atoms with Gasteiger partial charge in [-0.2, -0.15) is 4.98 Å². The number of Topliss-reactive ketones (excluding diaryl/α,β-unsaturated/α-hetero) is 1. The Bertz CT molecular complexity index is 1130. The van der Waals surface area contributed by atoms with Gasteiger partial charge in [0, 0.05) is 36.0 Å². The lowest BCUT2D eigenvalue weighted by Crippen LogP contribution is -2.51. The number of aromatic amines is 1. The van der Waals surface area contributed by atoms with Crippen molar-refractivity contribution in [1.82, 2.24) is 9.97 Å². The summed E-state index contributed by atoms with van der Waals surface area (Å²) in [6.07, 6.45) is 1.63. The molecule has 1 spiro atoms. The van der Waals surface area contributed by atoms with E-state index < -0.39 is 11.0 Å². The number of nitrogens with zero attached hydrogens (tertiary/aromatic N) is 2. The van der Waals surface area contributed by atoms with E-state index in [0.29, 0.717) is 41.8 Å². The molecule has 1 unspecified atom stereocenters. The Hall–Kier alpha value is -3.42. The van der Waals surface area contributed by atoms with Gasteiger partial charge >= 0.3 is 0 Å². The number of aromatic nitrogens is 2. The molecule has 1 aliphatic carbocycles. The number of carbonyl (C=O) groups excluding carboxylic acids is 2. The average molecular weight is 363 g/mol. The molecule has 4 N–H and O–H groups in total. The van der Waals surface area contributed by atoms with Crippen LogP contribution < -0.4 is 21.5 Å². The van der Waals surface area contributed by atoms with Gasteiger partial charge in [-0.05, 0) is 18.9 Å². The minimum Gasteiger partial charge on any atom is -0.369 e. The molecule has 2 aromatic rings. The highest BCUT2D eigenvalue weighted by molar-refractivity contribution is 6.20. The summed E-state index contributed by atoms with van der Waals surface area (Å²) >= 11 is 0. The first-order chi connectivity index (χ1) is 13.0. The van der Waals surface area contributed by atoms with Gasteiger partial charge in [-0.1, -0.05) is 18.2 Å². The minimum atomic E-state index is -1.49. The van der Waals surface area contributed by atoms with Gasteiger partial charge in [0.2, 0.25) is 11.9 Å². The van der Waals surface area contributed by atoms with Gasteiger partial charge < -0.3 is 16.0 Å². The molecule has 0 radical (unpaired) electrons. The molecule has 8 heteroatoms. The number of nitrogens with two attached hydrogens (primary N) is 1. The number of para-hydroxylation sites is 1. The predicted molar refractivity (Wildman–Crippen MR) is 99.4 cm³/mol. The Morgan fingerprint density at radius 3 is 2.78 bits per heavy atom. The van der Waals surface area contributed by atoms with Crippen LogP contribution in [0.1, 0.15) is 30.4 Å². The molecule has 27 heavy (non-hydrogen) atoms. The molecule has 1 aromatic heterocycles. The van der Waals surface area contributed by atoms with Gasteiger partial charge in [-0.3, -0.25) is 19.4 Å². The van der Waals surface area contributed by atoms with Crippen LogP contribution in [0, 0.1) is 0 Å². The Kier molecular flexibility index (Phi) is 2.96. The summed E-state index contributed by atoms with van der Waals surface area (Å²) in [6, 6.07) is 7.25. The fraction of sp³-hybridized carbons (Fsp3) is 0.263. The summed E-state index contributed by atoms with van der Waals surface area (Å²) in [4.78, 5) is 47.9. The number of likely N-dealkylation sites (N-methyl/N-ethyl adjacent to an activating group) is 1. The van der Waals surface area contributed by atoms with Crippen LogP contribution >= 0.6 is 0 Å². The van der Waals surface area contributed by atoms with Gasteiger partial charge in [0.25, 0.3) is 5.56 Å². The lowest BCUT2D eigenvalue weighted by Gasteiger charge is -2.38. The molecule has 1 amide bonds. The molecule has 0 saturated carbocycles.